The Labute approximate surface area is 207 Å². The number of hydrogen-bond donors (Lipinski definition) is 0. The summed E-state index contributed by atoms with van der Waals surface area (Å²) in [6.07, 6.45) is 0. The maximum atomic E-state index is 13.5. The molecule has 7 nitrogen and oxygen atoms in total. The second-order valence-corrected chi connectivity index (χ2v) is 9.83. The number of nitro benzene ring substituents is 1. The van der Waals surface area contributed by atoms with Gasteiger partial charge in [0.25, 0.3) is 11.6 Å². The van der Waals surface area contributed by atoms with Crippen molar-refractivity contribution in [1.82, 2.24) is 9.80 Å². The number of nitro groups is 1. The van der Waals surface area contributed by atoms with E-state index < -0.39 is 10.8 Å². The Hall–Kier alpha value is -3.59. The third kappa shape index (κ3) is 7.19. The highest BCUT2D eigenvalue weighted by molar-refractivity contribution is 7.09. The van der Waals surface area contributed by atoms with Crippen molar-refractivity contribution in [1.29, 1.82) is 0 Å². The maximum absolute atomic E-state index is 13.5. The fourth-order valence-corrected chi connectivity index (χ4v) is 4.40. The van der Waals surface area contributed by atoms with Gasteiger partial charge in [0.15, 0.2) is 0 Å². The zero-order chi connectivity index (χ0) is 25.5. The van der Waals surface area contributed by atoms with Gasteiger partial charge in [-0.2, -0.15) is 0 Å². The number of rotatable bonds is 10. The van der Waals surface area contributed by atoms with Crippen LogP contribution in [0.3, 0.4) is 0 Å². The first kappa shape index (κ1) is 26.0. The number of hydrogen-bond acceptors (Lipinski definition) is 5. The number of halogens is 1. The minimum Gasteiger partial charge on any atom is -0.332 e. The molecule has 0 unspecified atom stereocenters. The molecule has 2 amide bonds. The SMILES string of the molecule is Cc1ccc(C(=O)N(CC(=O)N(Cc2ccc(F)cc2)Cc2cccs2)CC(C)C)cc1[N+](=O)[O-]. The number of nitrogens with zero attached hydrogens (tertiary/aromatic N) is 3. The lowest BCUT2D eigenvalue weighted by Crippen LogP contribution is -2.43. The van der Waals surface area contributed by atoms with E-state index in [0.29, 0.717) is 18.7 Å². The van der Waals surface area contributed by atoms with Crippen LogP contribution in [-0.2, 0) is 17.9 Å². The van der Waals surface area contributed by atoms with Crippen molar-refractivity contribution in [2.45, 2.75) is 33.9 Å². The van der Waals surface area contributed by atoms with E-state index in [0.717, 1.165) is 10.4 Å². The zero-order valence-corrected chi connectivity index (χ0v) is 20.8. The molecule has 0 bridgehead atoms. The quantitative estimate of drug-likeness (QED) is 0.276. The largest absolute Gasteiger partial charge is 0.332 e. The molecule has 0 atom stereocenters. The van der Waals surface area contributed by atoms with Crippen LogP contribution in [-0.4, -0.2) is 39.6 Å². The molecule has 1 heterocycles. The highest BCUT2D eigenvalue weighted by Gasteiger charge is 2.25. The molecule has 0 N–H and O–H groups in total. The summed E-state index contributed by atoms with van der Waals surface area (Å²) in [4.78, 5) is 41.7. The summed E-state index contributed by atoms with van der Waals surface area (Å²) in [5, 5.41) is 13.3. The maximum Gasteiger partial charge on any atom is 0.273 e. The zero-order valence-electron chi connectivity index (χ0n) is 19.9. The summed E-state index contributed by atoms with van der Waals surface area (Å²) in [6.45, 7) is 6.24. The fraction of sp³-hybridized carbons (Fsp3) is 0.308. The van der Waals surface area contributed by atoms with Crippen LogP contribution in [0.25, 0.3) is 0 Å². The normalized spacial score (nSPS) is 10.9. The van der Waals surface area contributed by atoms with Crippen molar-refractivity contribution in [3.63, 3.8) is 0 Å². The Morgan fingerprint density at radius 1 is 1.06 bits per heavy atom. The number of carbonyl (C=O) groups is 2. The molecular formula is C26H28FN3O4S. The van der Waals surface area contributed by atoms with Crippen molar-refractivity contribution in [2.75, 3.05) is 13.1 Å². The summed E-state index contributed by atoms with van der Waals surface area (Å²) >= 11 is 1.52. The molecule has 3 rings (SSSR count). The molecule has 3 aromatic rings. The van der Waals surface area contributed by atoms with Crippen molar-refractivity contribution in [3.05, 3.63) is 97.5 Å². The second kappa shape index (κ2) is 11.7. The summed E-state index contributed by atoms with van der Waals surface area (Å²) in [5.41, 5.74) is 1.26. The van der Waals surface area contributed by atoms with Crippen LogP contribution in [0.2, 0.25) is 0 Å². The van der Waals surface area contributed by atoms with E-state index in [1.54, 1.807) is 36.1 Å². The molecule has 2 aromatic carbocycles. The van der Waals surface area contributed by atoms with E-state index in [2.05, 4.69) is 0 Å². The van der Waals surface area contributed by atoms with Gasteiger partial charge in [-0.1, -0.05) is 38.1 Å². The topological polar surface area (TPSA) is 83.8 Å². The Bertz CT molecular complexity index is 1180. The van der Waals surface area contributed by atoms with Crippen LogP contribution in [0.1, 0.15) is 40.2 Å². The van der Waals surface area contributed by atoms with E-state index >= 15 is 0 Å². The highest BCUT2D eigenvalue weighted by atomic mass is 32.1. The van der Waals surface area contributed by atoms with E-state index in [1.165, 1.54) is 34.4 Å². The smallest absolute Gasteiger partial charge is 0.273 e. The monoisotopic (exact) mass is 497 g/mol. The number of carbonyl (C=O) groups excluding carboxylic acids is 2. The van der Waals surface area contributed by atoms with E-state index in [4.69, 9.17) is 0 Å². The number of benzene rings is 2. The number of amides is 2. The lowest BCUT2D eigenvalue weighted by atomic mass is 10.1. The Balaban J connectivity index is 1.85. The molecule has 0 fully saturated rings. The standard InChI is InChI=1S/C26H28FN3O4S/c1-18(2)14-29(26(32)21-9-6-19(3)24(13-21)30(33)34)17-25(31)28(16-23-5-4-12-35-23)15-20-7-10-22(27)11-8-20/h4-13,18H,14-17H2,1-3H3. The molecule has 184 valence electrons. The minimum atomic E-state index is -0.518. The van der Waals surface area contributed by atoms with Gasteiger partial charge in [-0.05, 0) is 48.1 Å². The molecule has 0 saturated carbocycles. The van der Waals surface area contributed by atoms with Crippen LogP contribution in [0.15, 0.2) is 60.0 Å². The summed E-state index contributed by atoms with van der Waals surface area (Å²) in [5.74, 6) is -0.979. The molecule has 0 saturated heterocycles. The Morgan fingerprint density at radius 2 is 1.77 bits per heavy atom. The van der Waals surface area contributed by atoms with Gasteiger partial charge >= 0.3 is 0 Å². The molecule has 35 heavy (non-hydrogen) atoms. The number of thiophene rings is 1. The average Bonchev–Trinajstić information content (AvgIpc) is 3.32. The molecular weight excluding hydrogens is 469 g/mol. The fourth-order valence-electron chi connectivity index (χ4n) is 3.68. The van der Waals surface area contributed by atoms with E-state index in [1.807, 2.05) is 31.4 Å². The summed E-state index contributed by atoms with van der Waals surface area (Å²) in [7, 11) is 0. The van der Waals surface area contributed by atoms with Crippen molar-refractivity contribution >= 4 is 28.8 Å². The Kier molecular flexibility index (Phi) is 8.70. The first-order chi connectivity index (χ1) is 16.6. The van der Waals surface area contributed by atoms with Crippen LogP contribution >= 0.6 is 11.3 Å². The van der Waals surface area contributed by atoms with Crippen LogP contribution in [0.4, 0.5) is 10.1 Å². The van der Waals surface area contributed by atoms with Gasteiger partial charge in [0.05, 0.1) is 11.5 Å². The van der Waals surface area contributed by atoms with Gasteiger partial charge in [0.1, 0.15) is 12.4 Å². The van der Waals surface area contributed by atoms with Gasteiger partial charge in [-0.25, -0.2) is 4.39 Å². The minimum absolute atomic E-state index is 0.0787. The molecule has 9 heteroatoms. The first-order valence-corrected chi connectivity index (χ1v) is 12.1. The van der Waals surface area contributed by atoms with Crippen LogP contribution in [0, 0.1) is 28.8 Å². The predicted molar refractivity (Wildman–Crippen MR) is 134 cm³/mol. The highest BCUT2D eigenvalue weighted by Crippen LogP contribution is 2.21. The number of aryl methyl sites for hydroxylation is 1. The van der Waals surface area contributed by atoms with Crippen molar-refractivity contribution in [3.8, 4) is 0 Å². The van der Waals surface area contributed by atoms with E-state index in [9.17, 15) is 24.1 Å². The van der Waals surface area contributed by atoms with Gasteiger partial charge < -0.3 is 9.80 Å². The van der Waals surface area contributed by atoms with Crippen molar-refractivity contribution in [2.24, 2.45) is 5.92 Å². The molecule has 0 aliphatic heterocycles. The molecule has 0 spiro atoms. The van der Waals surface area contributed by atoms with Gasteiger partial charge in [0, 0.05) is 35.2 Å². The van der Waals surface area contributed by atoms with Gasteiger partial charge in [-0.3, -0.25) is 19.7 Å². The lowest BCUT2D eigenvalue weighted by Gasteiger charge is -2.29. The predicted octanol–water partition coefficient (Wildman–Crippen LogP) is 5.43. The second-order valence-electron chi connectivity index (χ2n) is 8.79. The summed E-state index contributed by atoms with van der Waals surface area (Å²) in [6, 6.07) is 14.1. The average molecular weight is 498 g/mol. The third-order valence-electron chi connectivity index (χ3n) is 5.42. The molecule has 0 radical (unpaired) electrons. The third-order valence-corrected chi connectivity index (χ3v) is 6.28. The Morgan fingerprint density at radius 3 is 2.37 bits per heavy atom. The molecule has 0 aliphatic rings. The first-order valence-electron chi connectivity index (χ1n) is 11.2. The van der Waals surface area contributed by atoms with Crippen LogP contribution in [0.5, 0.6) is 0 Å². The van der Waals surface area contributed by atoms with E-state index in [-0.39, 0.29) is 42.0 Å². The molecule has 1 aromatic heterocycles. The van der Waals surface area contributed by atoms with Crippen molar-refractivity contribution < 1.29 is 18.9 Å². The van der Waals surface area contributed by atoms with Crippen LogP contribution < -0.4 is 0 Å². The van der Waals surface area contributed by atoms with Gasteiger partial charge in [0.2, 0.25) is 5.91 Å². The summed E-state index contributed by atoms with van der Waals surface area (Å²) < 4.78 is 13.4. The lowest BCUT2D eigenvalue weighted by molar-refractivity contribution is -0.385. The van der Waals surface area contributed by atoms with Gasteiger partial charge in [-0.15, -0.1) is 11.3 Å². The molecule has 0 aliphatic carbocycles.